The zero-order chi connectivity index (χ0) is 15.2. The molecule has 0 saturated carbocycles. The number of sulfonamides is 1. The summed E-state index contributed by atoms with van der Waals surface area (Å²) < 4.78 is 26.4. The van der Waals surface area contributed by atoms with Gasteiger partial charge in [-0.2, -0.15) is 0 Å². The smallest absolute Gasteiger partial charge is 0.316 e. The van der Waals surface area contributed by atoms with E-state index < -0.39 is 10.0 Å². The third-order valence-electron chi connectivity index (χ3n) is 2.49. The Balaban J connectivity index is 2.51. The highest BCUT2D eigenvalue weighted by atomic mass is 79.9. The second kappa shape index (κ2) is 7.61. The molecule has 0 aliphatic rings. The van der Waals surface area contributed by atoms with E-state index in [2.05, 4.69) is 26.0 Å². The van der Waals surface area contributed by atoms with E-state index in [1.54, 1.807) is 38.4 Å². The Kier molecular flexibility index (Phi) is 6.44. The molecule has 6 nitrogen and oxygen atoms in total. The molecule has 1 rings (SSSR count). The fraction of sp³-hybridized carbons (Fsp3) is 0.417. The van der Waals surface area contributed by atoms with Crippen molar-refractivity contribution in [3.05, 3.63) is 29.8 Å². The summed E-state index contributed by atoms with van der Waals surface area (Å²) in [5.74, 6) is 0. The van der Waals surface area contributed by atoms with E-state index in [0.29, 0.717) is 5.33 Å². The van der Waals surface area contributed by atoms with Crippen LogP contribution in [0.3, 0.4) is 0 Å². The van der Waals surface area contributed by atoms with Crippen LogP contribution >= 0.6 is 15.9 Å². The van der Waals surface area contributed by atoms with E-state index in [4.69, 9.17) is 0 Å². The van der Waals surface area contributed by atoms with Crippen LogP contribution in [0.25, 0.3) is 0 Å². The molecule has 0 heterocycles. The predicted molar refractivity (Wildman–Crippen MR) is 81.3 cm³/mol. The average molecular weight is 364 g/mol. The first-order valence-corrected chi connectivity index (χ1v) is 8.57. The summed E-state index contributed by atoms with van der Waals surface area (Å²) in [5.41, 5.74) is 1.00. The monoisotopic (exact) mass is 363 g/mol. The van der Waals surface area contributed by atoms with E-state index in [9.17, 15) is 13.2 Å². The summed E-state index contributed by atoms with van der Waals surface area (Å²) in [5, 5.41) is 3.26. The molecule has 1 aromatic rings. The summed E-state index contributed by atoms with van der Waals surface area (Å²) >= 11 is 3.30. The van der Waals surface area contributed by atoms with Crippen LogP contribution in [0.1, 0.15) is 5.56 Å². The van der Waals surface area contributed by atoms with Crippen molar-refractivity contribution < 1.29 is 13.2 Å². The number of hydrogen-bond donors (Lipinski definition) is 2. The van der Waals surface area contributed by atoms with Gasteiger partial charge in [0, 0.05) is 32.5 Å². The number of amides is 2. The molecule has 0 unspecified atom stereocenters. The number of urea groups is 1. The van der Waals surface area contributed by atoms with Crippen LogP contribution in [0, 0.1) is 0 Å². The van der Waals surface area contributed by atoms with Crippen molar-refractivity contribution in [2.24, 2.45) is 0 Å². The molecule has 0 atom stereocenters. The highest BCUT2D eigenvalue weighted by Gasteiger charge is 2.13. The average Bonchev–Trinajstić information content (AvgIpc) is 2.43. The summed E-state index contributed by atoms with van der Waals surface area (Å²) in [4.78, 5) is 12.8. The van der Waals surface area contributed by atoms with Crippen molar-refractivity contribution in [3.63, 3.8) is 0 Å². The summed E-state index contributed by atoms with van der Waals surface area (Å²) in [6.45, 7) is 0.373. The van der Waals surface area contributed by atoms with E-state index in [0.717, 1.165) is 5.56 Å². The fourth-order valence-corrected chi connectivity index (χ4v) is 2.76. The van der Waals surface area contributed by atoms with Crippen molar-refractivity contribution in [3.8, 4) is 0 Å². The largest absolute Gasteiger partial charge is 0.337 e. The van der Waals surface area contributed by atoms with Crippen LogP contribution in [0.4, 0.5) is 4.79 Å². The summed E-state index contributed by atoms with van der Waals surface area (Å²) in [7, 11) is -0.302. The van der Waals surface area contributed by atoms with Crippen LogP contribution in [0.15, 0.2) is 29.2 Å². The van der Waals surface area contributed by atoms with Gasteiger partial charge in [0.15, 0.2) is 0 Å². The quantitative estimate of drug-likeness (QED) is 0.587. The lowest BCUT2D eigenvalue weighted by atomic mass is 10.2. The summed E-state index contributed by atoms with van der Waals surface area (Å²) in [6, 6.07) is 6.34. The molecule has 112 valence electrons. The molecule has 0 radical (unpaired) electrons. The molecule has 20 heavy (non-hydrogen) atoms. The van der Waals surface area contributed by atoms with Crippen molar-refractivity contribution >= 4 is 32.0 Å². The van der Waals surface area contributed by atoms with Crippen molar-refractivity contribution in [1.82, 2.24) is 14.9 Å². The van der Waals surface area contributed by atoms with E-state index in [1.165, 1.54) is 4.90 Å². The number of halogens is 1. The number of benzene rings is 1. The Hall–Kier alpha value is -1.12. The molecule has 0 fully saturated rings. The number of rotatable bonds is 6. The SMILES string of the molecule is CN(C)C(=O)NCCNS(=O)(=O)c1ccc(CBr)cc1. The third-order valence-corrected chi connectivity index (χ3v) is 4.61. The van der Waals surface area contributed by atoms with Gasteiger partial charge in [-0.25, -0.2) is 17.9 Å². The zero-order valence-electron chi connectivity index (χ0n) is 11.4. The molecule has 8 heteroatoms. The Morgan fingerprint density at radius 2 is 1.80 bits per heavy atom. The molecule has 2 amide bonds. The van der Waals surface area contributed by atoms with Gasteiger partial charge in [-0.1, -0.05) is 28.1 Å². The standard InChI is InChI=1S/C12H18BrN3O3S/c1-16(2)12(17)14-7-8-15-20(18,19)11-5-3-10(9-13)4-6-11/h3-6,15H,7-9H2,1-2H3,(H,14,17). The van der Waals surface area contributed by atoms with Gasteiger partial charge in [-0.3, -0.25) is 0 Å². The number of nitrogens with one attached hydrogen (secondary N) is 2. The van der Waals surface area contributed by atoms with Gasteiger partial charge in [0.2, 0.25) is 10.0 Å². The van der Waals surface area contributed by atoms with E-state index in [-0.39, 0.29) is 24.0 Å². The third kappa shape index (κ3) is 5.10. The zero-order valence-corrected chi connectivity index (χ0v) is 13.8. The molecule has 0 aliphatic carbocycles. The molecular formula is C12H18BrN3O3S. The maximum absolute atomic E-state index is 12.0. The van der Waals surface area contributed by atoms with E-state index in [1.807, 2.05) is 0 Å². The summed E-state index contributed by atoms with van der Waals surface area (Å²) in [6.07, 6.45) is 0. The maximum Gasteiger partial charge on any atom is 0.316 e. The molecule has 0 spiro atoms. The van der Waals surface area contributed by atoms with Gasteiger partial charge in [0.05, 0.1) is 4.90 Å². The van der Waals surface area contributed by atoms with Gasteiger partial charge in [-0.05, 0) is 17.7 Å². The number of alkyl halides is 1. The van der Waals surface area contributed by atoms with Crippen molar-refractivity contribution in [2.75, 3.05) is 27.2 Å². The van der Waals surface area contributed by atoms with Crippen LogP contribution in [0.5, 0.6) is 0 Å². The highest BCUT2D eigenvalue weighted by molar-refractivity contribution is 9.08. The minimum atomic E-state index is -3.53. The Labute approximate surface area is 127 Å². The second-order valence-electron chi connectivity index (χ2n) is 4.30. The van der Waals surface area contributed by atoms with Gasteiger partial charge >= 0.3 is 6.03 Å². The first-order chi connectivity index (χ1) is 9.36. The van der Waals surface area contributed by atoms with Gasteiger partial charge < -0.3 is 10.2 Å². The Morgan fingerprint density at radius 1 is 1.20 bits per heavy atom. The molecular weight excluding hydrogens is 346 g/mol. The molecule has 0 bridgehead atoms. The normalized spacial score (nSPS) is 11.2. The van der Waals surface area contributed by atoms with Gasteiger partial charge in [-0.15, -0.1) is 0 Å². The molecule has 2 N–H and O–H groups in total. The van der Waals surface area contributed by atoms with Gasteiger partial charge in [0.1, 0.15) is 0 Å². The first-order valence-electron chi connectivity index (χ1n) is 5.96. The lowest BCUT2D eigenvalue weighted by Crippen LogP contribution is -2.39. The lowest BCUT2D eigenvalue weighted by Gasteiger charge is -2.12. The number of carbonyl (C=O) groups excluding carboxylic acids is 1. The Bertz CT molecular complexity index is 544. The van der Waals surface area contributed by atoms with Crippen LogP contribution < -0.4 is 10.0 Å². The second-order valence-corrected chi connectivity index (χ2v) is 6.63. The molecule has 0 aromatic heterocycles. The highest BCUT2D eigenvalue weighted by Crippen LogP contribution is 2.12. The van der Waals surface area contributed by atoms with Crippen molar-refractivity contribution in [2.45, 2.75) is 10.2 Å². The maximum atomic E-state index is 12.0. The van der Waals surface area contributed by atoms with Gasteiger partial charge in [0.25, 0.3) is 0 Å². The topological polar surface area (TPSA) is 78.5 Å². The predicted octanol–water partition coefficient (Wildman–Crippen LogP) is 1.13. The molecule has 0 aliphatic heterocycles. The minimum Gasteiger partial charge on any atom is -0.337 e. The van der Waals surface area contributed by atoms with E-state index >= 15 is 0 Å². The first kappa shape index (κ1) is 16.9. The number of nitrogens with zero attached hydrogens (tertiary/aromatic N) is 1. The number of carbonyl (C=O) groups is 1. The minimum absolute atomic E-state index is 0.141. The molecule has 0 saturated heterocycles. The van der Waals surface area contributed by atoms with Crippen molar-refractivity contribution in [1.29, 1.82) is 0 Å². The molecule has 1 aromatic carbocycles. The van der Waals surface area contributed by atoms with Crippen LogP contribution in [-0.4, -0.2) is 46.5 Å². The van der Waals surface area contributed by atoms with Crippen LogP contribution in [-0.2, 0) is 15.4 Å². The van der Waals surface area contributed by atoms with Crippen LogP contribution in [0.2, 0.25) is 0 Å². The lowest BCUT2D eigenvalue weighted by molar-refractivity contribution is 0.217. The fourth-order valence-electron chi connectivity index (χ4n) is 1.35. The Morgan fingerprint density at radius 3 is 2.30 bits per heavy atom. The number of hydrogen-bond acceptors (Lipinski definition) is 3.